The van der Waals surface area contributed by atoms with Crippen molar-refractivity contribution in [2.75, 3.05) is 13.2 Å². The lowest BCUT2D eigenvalue weighted by atomic mass is 10.1. The molecule has 0 aliphatic rings. The van der Waals surface area contributed by atoms with Gasteiger partial charge in [0.15, 0.2) is 8.32 Å². The highest BCUT2D eigenvalue weighted by Gasteiger charge is 2.23. The Bertz CT molecular complexity index is 642. The molecule has 0 saturated heterocycles. The van der Waals surface area contributed by atoms with Crippen LogP contribution in [0.25, 0.3) is 0 Å². The summed E-state index contributed by atoms with van der Waals surface area (Å²) in [6, 6.07) is 10.2. The summed E-state index contributed by atoms with van der Waals surface area (Å²) in [5.41, 5.74) is 1.27. The van der Waals surface area contributed by atoms with Gasteiger partial charge in [0.05, 0.1) is 6.61 Å². The molecular weight excluding hydrogens is 567 g/mol. The third-order valence-electron chi connectivity index (χ3n) is 7.28. The van der Waals surface area contributed by atoms with Gasteiger partial charge in [0.25, 0.3) is 0 Å². The van der Waals surface area contributed by atoms with Crippen molar-refractivity contribution in [1.82, 2.24) is 0 Å². The zero-order chi connectivity index (χ0) is 27.8. The molecule has 0 atom stereocenters. The number of ether oxygens (including phenoxy) is 1. The summed E-state index contributed by atoms with van der Waals surface area (Å²) in [7, 11) is -1.47. The Morgan fingerprint density at radius 2 is 0.947 bits per heavy atom. The van der Waals surface area contributed by atoms with Crippen LogP contribution in [0.5, 0.6) is 0 Å². The molecule has 38 heavy (non-hydrogen) atoms. The quantitative estimate of drug-likeness (QED) is 0.0551. The average molecular weight is 624 g/mol. The summed E-state index contributed by atoms with van der Waals surface area (Å²) in [6.45, 7) is 7.41. The molecule has 2 nitrogen and oxygen atoms in total. The van der Waals surface area contributed by atoms with E-state index >= 15 is 0 Å². The molecule has 0 unspecified atom stereocenters. The van der Waals surface area contributed by atoms with E-state index < -0.39 is 14.3 Å². The molecule has 0 N–H and O–H groups in total. The van der Waals surface area contributed by atoms with Crippen LogP contribution in [0.2, 0.25) is 25.2 Å². The van der Waals surface area contributed by atoms with Gasteiger partial charge in [-0.15, -0.1) is 33.2 Å². The van der Waals surface area contributed by atoms with Crippen LogP contribution >= 0.6 is 33.2 Å². The van der Waals surface area contributed by atoms with Crippen LogP contribution in [-0.2, 0) is 15.8 Å². The molecule has 0 amide bonds. The summed E-state index contributed by atoms with van der Waals surface area (Å²) in [6.07, 6.45) is 23.6. The Morgan fingerprint density at radius 1 is 0.526 bits per heavy atom. The maximum atomic E-state index is 6.35. The molecular formula is C31H57Cl3O2Si2. The van der Waals surface area contributed by atoms with Crippen LogP contribution in [0.4, 0.5) is 0 Å². The van der Waals surface area contributed by atoms with Gasteiger partial charge in [0, 0.05) is 13.2 Å². The largest absolute Gasteiger partial charge is 0.417 e. The molecule has 7 heteroatoms. The van der Waals surface area contributed by atoms with E-state index in [9.17, 15) is 0 Å². The number of hydrogen-bond donors (Lipinski definition) is 0. The van der Waals surface area contributed by atoms with Crippen molar-refractivity contribution in [3.05, 3.63) is 35.9 Å². The summed E-state index contributed by atoms with van der Waals surface area (Å²) in [5.74, 6) is 0. The minimum absolute atomic E-state index is 0.747. The van der Waals surface area contributed by atoms with Crippen LogP contribution in [0.1, 0.15) is 121 Å². The van der Waals surface area contributed by atoms with E-state index in [0.29, 0.717) is 0 Å². The molecule has 0 radical (unpaired) electrons. The normalized spacial score (nSPS) is 12.3. The Balaban J connectivity index is 1.78. The van der Waals surface area contributed by atoms with Gasteiger partial charge in [-0.3, -0.25) is 0 Å². The van der Waals surface area contributed by atoms with E-state index in [1.807, 2.05) is 0 Å². The summed E-state index contributed by atoms with van der Waals surface area (Å²) < 4.78 is 12.1. The summed E-state index contributed by atoms with van der Waals surface area (Å²) in [4.78, 5) is 0. The zero-order valence-corrected chi connectivity index (χ0v) is 28.9. The SMILES string of the molecule is C[Si](C)(CCCCCCCCCCCOCc1ccccc1)OCCCCCCCCCCC[Si](Cl)(Cl)Cl. The molecule has 0 aromatic heterocycles. The molecule has 0 aliphatic carbocycles. The molecule has 1 aromatic carbocycles. The highest BCUT2D eigenvalue weighted by molar-refractivity contribution is 7.64. The van der Waals surface area contributed by atoms with Gasteiger partial charge >= 0.3 is 6.00 Å². The smallest absolute Gasteiger partial charge is 0.341 e. The first kappa shape index (κ1) is 36.5. The minimum atomic E-state index is -2.39. The van der Waals surface area contributed by atoms with Crippen LogP contribution in [0, 0.1) is 0 Å². The molecule has 0 spiro atoms. The Morgan fingerprint density at radius 3 is 1.45 bits per heavy atom. The first-order valence-electron chi connectivity index (χ1n) is 15.6. The minimum Gasteiger partial charge on any atom is -0.417 e. The lowest BCUT2D eigenvalue weighted by molar-refractivity contribution is 0.116. The fraction of sp³-hybridized carbons (Fsp3) is 0.806. The van der Waals surface area contributed by atoms with Crippen molar-refractivity contribution in [2.45, 2.75) is 147 Å². The maximum absolute atomic E-state index is 6.35. The molecule has 0 fully saturated rings. The fourth-order valence-corrected chi connectivity index (χ4v) is 8.64. The highest BCUT2D eigenvalue weighted by atomic mass is 35.8. The van der Waals surface area contributed by atoms with Crippen LogP contribution in [-0.4, -0.2) is 27.5 Å². The van der Waals surface area contributed by atoms with Gasteiger partial charge in [0.2, 0.25) is 0 Å². The van der Waals surface area contributed by atoms with Crippen molar-refractivity contribution in [3.63, 3.8) is 0 Å². The van der Waals surface area contributed by atoms with Crippen molar-refractivity contribution in [3.8, 4) is 0 Å². The number of unbranched alkanes of at least 4 members (excludes halogenated alkanes) is 16. The van der Waals surface area contributed by atoms with E-state index in [2.05, 4.69) is 43.4 Å². The van der Waals surface area contributed by atoms with Crippen LogP contribution in [0.15, 0.2) is 30.3 Å². The highest BCUT2D eigenvalue weighted by Crippen LogP contribution is 2.27. The monoisotopic (exact) mass is 622 g/mol. The molecule has 0 bridgehead atoms. The second-order valence-electron chi connectivity index (χ2n) is 11.6. The third kappa shape index (κ3) is 25.4. The summed E-state index contributed by atoms with van der Waals surface area (Å²) >= 11 is 17.8. The molecule has 0 heterocycles. The Hall–Kier alpha value is 0.444. The Labute approximate surface area is 252 Å². The average Bonchev–Trinajstić information content (AvgIpc) is 2.87. The van der Waals surface area contributed by atoms with Gasteiger partial charge in [0.1, 0.15) is 0 Å². The lowest BCUT2D eigenvalue weighted by Gasteiger charge is -2.23. The van der Waals surface area contributed by atoms with E-state index in [1.54, 1.807) is 0 Å². The van der Waals surface area contributed by atoms with Gasteiger partial charge in [-0.2, -0.15) is 0 Å². The van der Waals surface area contributed by atoms with E-state index in [1.165, 1.54) is 121 Å². The molecule has 222 valence electrons. The molecule has 1 aromatic rings. The summed E-state index contributed by atoms with van der Waals surface area (Å²) in [5, 5.41) is 0. The van der Waals surface area contributed by atoms with Gasteiger partial charge in [-0.05, 0) is 43.6 Å². The zero-order valence-electron chi connectivity index (χ0n) is 24.6. The molecule has 0 aliphatic heterocycles. The molecule has 0 saturated carbocycles. The lowest BCUT2D eigenvalue weighted by Crippen LogP contribution is -2.30. The topological polar surface area (TPSA) is 18.5 Å². The fourth-order valence-electron chi connectivity index (χ4n) is 4.84. The van der Waals surface area contributed by atoms with E-state index in [4.69, 9.17) is 42.4 Å². The first-order chi connectivity index (χ1) is 18.3. The van der Waals surface area contributed by atoms with Crippen molar-refractivity contribution < 1.29 is 9.16 Å². The van der Waals surface area contributed by atoms with Gasteiger partial charge in [-0.1, -0.05) is 133 Å². The second kappa shape index (κ2) is 24.1. The van der Waals surface area contributed by atoms with E-state index in [0.717, 1.165) is 32.3 Å². The molecule has 1 rings (SSSR count). The van der Waals surface area contributed by atoms with E-state index in [-0.39, 0.29) is 0 Å². The van der Waals surface area contributed by atoms with Crippen LogP contribution in [0.3, 0.4) is 0 Å². The van der Waals surface area contributed by atoms with Gasteiger partial charge < -0.3 is 9.16 Å². The van der Waals surface area contributed by atoms with Crippen molar-refractivity contribution >= 4 is 47.6 Å². The number of hydrogen-bond acceptors (Lipinski definition) is 2. The maximum Gasteiger partial charge on any atom is 0.341 e. The first-order valence-corrected chi connectivity index (χ1v) is 24.0. The standard InChI is InChI=1S/C31H57Cl3O2Si2/c1-37(2,36-27-21-14-10-6-4-8-12-16-23-29-38(32,33)34)28-22-15-11-7-3-5-9-13-20-26-35-30-31-24-18-17-19-25-31/h17-19,24-25H,3-16,20-23,26-30H2,1-2H3. The Kier molecular flexibility index (Phi) is 23.1. The van der Waals surface area contributed by atoms with Crippen molar-refractivity contribution in [2.24, 2.45) is 0 Å². The predicted molar refractivity (Wildman–Crippen MR) is 176 cm³/mol. The predicted octanol–water partition coefficient (Wildman–Crippen LogP) is 12.1. The second-order valence-corrected chi connectivity index (χ2v) is 25.2. The number of benzene rings is 1. The number of rotatable bonds is 27. The van der Waals surface area contributed by atoms with Crippen LogP contribution < -0.4 is 0 Å². The third-order valence-corrected chi connectivity index (χ3v) is 12.4. The van der Waals surface area contributed by atoms with Gasteiger partial charge in [-0.25, -0.2) is 0 Å². The van der Waals surface area contributed by atoms with Crippen molar-refractivity contribution in [1.29, 1.82) is 0 Å². The number of halogens is 3.